The minimum absolute atomic E-state index is 0.0207. The number of para-hydroxylation sites is 1. The molecule has 3 aromatic heterocycles. The van der Waals surface area contributed by atoms with Crippen LogP contribution in [0.15, 0.2) is 42.7 Å². The molecule has 1 saturated heterocycles. The first kappa shape index (κ1) is 23.0. The van der Waals surface area contributed by atoms with Gasteiger partial charge in [-0.05, 0) is 38.5 Å². The molecule has 1 amide bonds. The molecule has 1 fully saturated rings. The van der Waals surface area contributed by atoms with E-state index in [-0.39, 0.29) is 18.0 Å². The number of anilines is 2. The van der Waals surface area contributed by atoms with Crippen LogP contribution >= 0.6 is 0 Å². The summed E-state index contributed by atoms with van der Waals surface area (Å²) in [6.07, 6.45) is 4.26. The van der Waals surface area contributed by atoms with Crippen LogP contribution in [0.4, 0.5) is 11.8 Å². The number of aromatic nitrogens is 5. The minimum Gasteiger partial charge on any atom is -0.362 e. The van der Waals surface area contributed by atoms with Crippen LogP contribution in [-0.4, -0.2) is 61.7 Å². The van der Waals surface area contributed by atoms with Gasteiger partial charge in [-0.15, -0.1) is 0 Å². The van der Waals surface area contributed by atoms with Gasteiger partial charge in [-0.2, -0.15) is 10.1 Å². The molecule has 4 aromatic rings. The maximum atomic E-state index is 12.1. The molecule has 0 saturated carbocycles. The highest BCUT2D eigenvalue weighted by Gasteiger charge is 2.24. The molecule has 1 aliphatic heterocycles. The van der Waals surface area contributed by atoms with E-state index in [0.717, 1.165) is 33.3 Å². The molecule has 182 valence electrons. The predicted molar refractivity (Wildman–Crippen MR) is 139 cm³/mol. The van der Waals surface area contributed by atoms with Crippen LogP contribution < -0.4 is 10.2 Å². The molecule has 0 spiro atoms. The first-order chi connectivity index (χ1) is 16.9. The van der Waals surface area contributed by atoms with Crippen LogP contribution in [0.5, 0.6) is 0 Å². The zero-order valence-corrected chi connectivity index (χ0v) is 20.8. The lowest BCUT2D eigenvalue weighted by atomic mass is 10.1. The van der Waals surface area contributed by atoms with Crippen LogP contribution in [-0.2, 0) is 4.79 Å². The van der Waals surface area contributed by atoms with Crippen molar-refractivity contribution in [2.24, 2.45) is 0 Å². The Morgan fingerprint density at radius 2 is 1.80 bits per heavy atom. The van der Waals surface area contributed by atoms with Crippen molar-refractivity contribution in [2.45, 2.75) is 46.2 Å². The third-order valence-electron chi connectivity index (χ3n) is 6.60. The lowest BCUT2D eigenvalue weighted by Crippen LogP contribution is -2.49. The summed E-state index contributed by atoms with van der Waals surface area (Å²) in [4.78, 5) is 30.6. The van der Waals surface area contributed by atoms with Crippen molar-refractivity contribution in [1.29, 1.82) is 0 Å². The summed E-state index contributed by atoms with van der Waals surface area (Å²) in [5.74, 6) is 1.61. The maximum absolute atomic E-state index is 12.1. The lowest BCUT2D eigenvalue weighted by Gasteiger charge is -2.34. The van der Waals surface area contributed by atoms with E-state index in [1.54, 1.807) is 0 Å². The Labute approximate surface area is 205 Å². The van der Waals surface area contributed by atoms with Gasteiger partial charge < -0.3 is 15.1 Å². The predicted octanol–water partition coefficient (Wildman–Crippen LogP) is 4.19. The standard InChI is InChI=1S/C26H32N8O/c1-5-23(35)32-10-12-33(13-11-32)26-30-22-16-28-34(17(2)3)24(22)25(31-26)29-18(4)20-14-19-8-6-7-9-21(19)27-15-20/h6-9,14-18H,5,10-13H2,1-4H3,(H,29,30,31)/t18-/m1/s1. The van der Waals surface area contributed by atoms with E-state index >= 15 is 0 Å². The Hall–Kier alpha value is -3.75. The highest BCUT2D eigenvalue weighted by molar-refractivity contribution is 5.87. The normalized spacial score (nSPS) is 15.2. The molecular weight excluding hydrogens is 440 g/mol. The van der Waals surface area contributed by atoms with Gasteiger partial charge in [-0.3, -0.25) is 14.5 Å². The highest BCUT2D eigenvalue weighted by Crippen LogP contribution is 2.29. The molecule has 4 heterocycles. The summed E-state index contributed by atoms with van der Waals surface area (Å²) < 4.78 is 1.96. The number of pyridine rings is 1. The Morgan fingerprint density at radius 1 is 1.03 bits per heavy atom. The van der Waals surface area contributed by atoms with E-state index in [2.05, 4.69) is 53.2 Å². The van der Waals surface area contributed by atoms with Gasteiger partial charge in [0, 0.05) is 50.2 Å². The van der Waals surface area contributed by atoms with Gasteiger partial charge in [0.05, 0.1) is 17.8 Å². The second-order valence-corrected chi connectivity index (χ2v) is 9.34. The van der Waals surface area contributed by atoms with Gasteiger partial charge in [0.25, 0.3) is 0 Å². The summed E-state index contributed by atoms with van der Waals surface area (Å²) >= 11 is 0. The maximum Gasteiger partial charge on any atom is 0.228 e. The molecule has 0 aliphatic carbocycles. The van der Waals surface area contributed by atoms with Crippen molar-refractivity contribution < 1.29 is 4.79 Å². The molecule has 9 nitrogen and oxygen atoms in total. The Balaban J connectivity index is 1.47. The van der Waals surface area contributed by atoms with E-state index in [1.165, 1.54) is 0 Å². The first-order valence-corrected chi connectivity index (χ1v) is 12.3. The third-order valence-corrected chi connectivity index (χ3v) is 6.60. The number of benzene rings is 1. The van der Waals surface area contributed by atoms with Crippen LogP contribution in [0.25, 0.3) is 21.9 Å². The smallest absolute Gasteiger partial charge is 0.228 e. The molecule has 0 unspecified atom stereocenters. The quantitative estimate of drug-likeness (QED) is 0.450. The van der Waals surface area contributed by atoms with Gasteiger partial charge in [-0.25, -0.2) is 4.98 Å². The average Bonchev–Trinajstić information content (AvgIpc) is 3.33. The Kier molecular flexibility index (Phi) is 6.23. The van der Waals surface area contributed by atoms with Crippen LogP contribution in [0.2, 0.25) is 0 Å². The zero-order chi connectivity index (χ0) is 24.5. The van der Waals surface area contributed by atoms with Crippen molar-refractivity contribution in [3.8, 4) is 0 Å². The number of piperazine rings is 1. The molecule has 0 radical (unpaired) electrons. The minimum atomic E-state index is -0.0207. The van der Waals surface area contributed by atoms with E-state index < -0.39 is 0 Å². The molecule has 1 N–H and O–H groups in total. The van der Waals surface area contributed by atoms with E-state index in [0.29, 0.717) is 38.5 Å². The number of hydrogen-bond donors (Lipinski definition) is 1. The van der Waals surface area contributed by atoms with Gasteiger partial charge in [0.2, 0.25) is 11.9 Å². The van der Waals surface area contributed by atoms with Crippen molar-refractivity contribution in [3.63, 3.8) is 0 Å². The molecule has 1 aromatic carbocycles. The van der Waals surface area contributed by atoms with Gasteiger partial charge in [-0.1, -0.05) is 25.1 Å². The number of carbonyl (C=O) groups is 1. The molecule has 0 bridgehead atoms. The van der Waals surface area contributed by atoms with Crippen LogP contribution in [0, 0.1) is 0 Å². The van der Waals surface area contributed by atoms with E-state index in [4.69, 9.17) is 9.97 Å². The number of nitrogens with zero attached hydrogens (tertiary/aromatic N) is 7. The summed E-state index contributed by atoms with van der Waals surface area (Å²) in [7, 11) is 0. The number of rotatable bonds is 6. The molecular formula is C26H32N8O. The summed E-state index contributed by atoms with van der Waals surface area (Å²) in [6.45, 7) is 11.0. The average molecular weight is 473 g/mol. The molecule has 5 rings (SSSR count). The number of amides is 1. The first-order valence-electron chi connectivity index (χ1n) is 12.3. The van der Waals surface area contributed by atoms with Gasteiger partial charge >= 0.3 is 0 Å². The zero-order valence-electron chi connectivity index (χ0n) is 20.8. The van der Waals surface area contributed by atoms with Crippen molar-refractivity contribution in [1.82, 2.24) is 29.6 Å². The van der Waals surface area contributed by atoms with Crippen LogP contribution in [0.1, 0.15) is 51.8 Å². The fourth-order valence-corrected chi connectivity index (χ4v) is 4.58. The summed E-state index contributed by atoms with van der Waals surface area (Å²) in [6, 6.07) is 10.4. The monoisotopic (exact) mass is 472 g/mol. The second-order valence-electron chi connectivity index (χ2n) is 9.34. The fourth-order valence-electron chi connectivity index (χ4n) is 4.58. The molecule has 9 heteroatoms. The van der Waals surface area contributed by atoms with Crippen molar-refractivity contribution >= 4 is 39.6 Å². The number of nitrogens with one attached hydrogen (secondary N) is 1. The largest absolute Gasteiger partial charge is 0.362 e. The van der Waals surface area contributed by atoms with Gasteiger partial charge in [0.15, 0.2) is 5.82 Å². The lowest BCUT2D eigenvalue weighted by molar-refractivity contribution is -0.131. The van der Waals surface area contributed by atoms with Crippen molar-refractivity contribution in [3.05, 3.63) is 48.3 Å². The summed E-state index contributed by atoms with van der Waals surface area (Å²) in [5, 5.41) is 9.33. The fraction of sp³-hybridized carbons (Fsp3) is 0.423. The topological polar surface area (TPSA) is 92.1 Å². The Bertz CT molecular complexity index is 1360. The summed E-state index contributed by atoms with van der Waals surface area (Å²) in [5.41, 5.74) is 3.76. The number of carbonyl (C=O) groups excluding carboxylic acids is 1. The second kappa shape index (κ2) is 9.48. The number of fused-ring (bicyclic) bond motifs is 2. The molecule has 1 atom stereocenters. The van der Waals surface area contributed by atoms with Crippen LogP contribution in [0.3, 0.4) is 0 Å². The van der Waals surface area contributed by atoms with Crippen molar-refractivity contribution in [2.75, 3.05) is 36.4 Å². The molecule has 1 aliphatic rings. The molecule has 35 heavy (non-hydrogen) atoms. The Morgan fingerprint density at radius 3 is 2.54 bits per heavy atom. The number of hydrogen-bond acceptors (Lipinski definition) is 7. The third kappa shape index (κ3) is 4.50. The van der Waals surface area contributed by atoms with E-state index in [1.807, 2.05) is 47.1 Å². The van der Waals surface area contributed by atoms with Gasteiger partial charge in [0.1, 0.15) is 11.0 Å². The highest BCUT2D eigenvalue weighted by atomic mass is 16.2. The van der Waals surface area contributed by atoms with E-state index in [9.17, 15) is 4.79 Å². The SMILES string of the molecule is CCC(=O)N1CCN(c2nc(N[C@H](C)c3cnc4ccccc4c3)c3c(cnn3C(C)C)n2)CC1.